The number of hydrogen-bond acceptors (Lipinski definition) is 7. The molecule has 0 amide bonds. The number of alkyl halides is 9. The molecule has 0 saturated carbocycles. The van der Waals surface area contributed by atoms with E-state index < -0.39 is 50.0 Å². The molecule has 0 aliphatic carbocycles. The van der Waals surface area contributed by atoms with Crippen molar-refractivity contribution in [3.8, 4) is 5.75 Å². The van der Waals surface area contributed by atoms with Gasteiger partial charge in [-0.25, -0.2) is 0 Å². The lowest BCUT2D eigenvalue weighted by atomic mass is 10.1. The number of rotatable bonds is 7. The van der Waals surface area contributed by atoms with Gasteiger partial charge in [0.2, 0.25) is 0 Å². The monoisotopic (exact) mass is 656 g/mol. The van der Waals surface area contributed by atoms with Gasteiger partial charge in [-0.1, -0.05) is 36.4 Å². The number of sulfone groups is 3. The predicted molar refractivity (Wildman–Crippen MR) is 124 cm³/mol. The fraction of sp³-hybridized carbons (Fsp3) is 0.316. The Balaban J connectivity index is 0.000000400. The zero-order valence-electron chi connectivity index (χ0n) is 19.0. The molecule has 0 radical (unpaired) electrons. The van der Waals surface area contributed by atoms with E-state index in [4.69, 9.17) is 0 Å². The fourth-order valence-electron chi connectivity index (χ4n) is 2.41. The maximum atomic E-state index is 12.0. The average Bonchev–Trinajstić information content (AvgIpc) is 2.74. The molecule has 1 N–H and O–H groups in total. The second kappa shape index (κ2) is 12.1. The quantitative estimate of drug-likeness (QED) is 0.202. The van der Waals surface area contributed by atoms with Crippen molar-refractivity contribution in [1.29, 1.82) is 0 Å². The molecule has 0 heterocycles. The Labute approximate surface area is 220 Å². The second-order valence-electron chi connectivity index (χ2n) is 7.23. The molecule has 2 aromatic carbocycles. The minimum Gasteiger partial charge on any atom is -0.508 e. The van der Waals surface area contributed by atoms with Crippen LogP contribution in [0.15, 0.2) is 48.5 Å². The summed E-state index contributed by atoms with van der Waals surface area (Å²) in [6.45, 7) is 2.16. The first-order valence-electron chi connectivity index (χ1n) is 9.64. The molecule has 0 atom stereocenters. The summed E-state index contributed by atoms with van der Waals surface area (Å²) in [7, 11) is -24.1. The zero-order chi connectivity index (χ0) is 30.7. The van der Waals surface area contributed by atoms with Crippen LogP contribution < -0.4 is 0 Å². The summed E-state index contributed by atoms with van der Waals surface area (Å²) in [5.74, 6) is 2.46. The molecule has 0 aromatic heterocycles. The Bertz CT molecular complexity index is 1340. The highest BCUT2D eigenvalue weighted by molar-refractivity contribution is 8.29. The van der Waals surface area contributed by atoms with Crippen LogP contribution in [0.5, 0.6) is 5.75 Å². The van der Waals surface area contributed by atoms with Crippen molar-refractivity contribution in [2.45, 2.75) is 35.0 Å². The predicted octanol–water partition coefficient (Wildman–Crippen LogP) is 4.45. The van der Waals surface area contributed by atoms with E-state index in [1.165, 1.54) is 28.5 Å². The van der Waals surface area contributed by atoms with E-state index in [9.17, 15) is 69.9 Å². The number of thiol groups is 1. The number of phenolic OH excluding ortho intramolecular Hbond substituents is 1. The highest BCUT2D eigenvalue weighted by Gasteiger charge is 2.63. The van der Waals surface area contributed by atoms with Crippen LogP contribution in [-0.4, -0.2) is 46.9 Å². The van der Waals surface area contributed by atoms with Gasteiger partial charge in [0.05, 0.1) is 3.91 Å². The molecule has 0 aliphatic heterocycles. The molecule has 0 aliphatic rings. The molecule has 0 bridgehead atoms. The maximum absolute atomic E-state index is 12.0. The van der Waals surface area contributed by atoms with Crippen LogP contribution >= 0.6 is 0 Å². The van der Waals surface area contributed by atoms with Crippen LogP contribution in [0.2, 0.25) is 0 Å². The Morgan fingerprint density at radius 3 is 1.41 bits per heavy atom. The molecule has 39 heavy (non-hydrogen) atoms. The number of phenols is 1. The van der Waals surface area contributed by atoms with Gasteiger partial charge in [0.15, 0.2) is 29.5 Å². The van der Waals surface area contributed by atoms with Gasteiger partial charge >= 0.3 is 16.5 Å². The number of aryl methyl sites for hydroxylation is 1. The van der Waals surface area contributed by atoms with E-state index in [2.05, 4.69) is 31.2 Å². The topological polar surface area (TPSA) is 123 Å². The molecular formula is C19H17F9O7S4. The highest BCUT2D eigenvalue weighted by atomic mass is 32.3. The summed E-state index contributed by atoms with van der Waals surface area (Å²) in [6, 6.07) is 16.0. The summed E-state index contributed by atoms with van der Waals surface area (Å²) in [6.07, 6.45) is 0. The van der Waals surface area contributed by atoms with Crippen molar-refractivity contribution >= 4 is 41.3 Å². The van der Waals surface area contributed by atoms with Gasteiger partial charge in [0.25, 0.3) is 0 Å². The summed E-state index contributed by atoms with van der Waals surface area (Å²) in [5.41, 5.74) is -17.1. The molecule has 2 rings (SSSR count). The summed E-state index contributed by atoms with van der Waals surface area (Å²) < 4.78 is 167. The SMILES string of the molecule is Cc1ccccc1C[SH+]Cc1ccc(O)cc1.O=S(=O)([C-](S(=O)(=O)C(F)(F)F)S(=O)(=O)C(F)(F)F)C(F)(F)F. The first-order valence-corrected chi connectivity index (χ1v) is 15.4. The molecule has 222 valence electrons. The lowest BCUT2D eigenvalue weighted by Gasteiger charge is -2.31. The molecule has 2 aromatic rings. The second-order valence-corrected chi connectivity index (χ2v) is 14.7. The lowest BCUT2D eigenvalue weighted by Crippen LogP contribution is -2.47. The zero-order valence-corrected chi connectivity index (χ0v) is 22.3. The maximum Gasteiger partial charge on any atom is 0.470 e. The van der Waals surface area contributed by atoms with Gasteiger partial charge in [0.1, 0.15) is 17.3 Å². The van der Waals surface area contributed by atoms with Gasteiger partial charge in [-0.2, -0.15) is 39.5 Å². The third-order valence-electron chi connectivity index (χ3n) is 4.35. The first-order chi connectivity index (χ1) is 17.4. The van der Waals surface area contributed by atoms with E-state index in [0.29, 0.717) is 5.75 Å². The molecule has 0 fully saturated rings. The van der Waals surface area contributed by atoms with Crippen LogP contribution in [-0.2, 0) is 52.8 Å². The van der Waals surface area contributed by atoms with Crippen molar-refractivity contribution in [3.05, 3.63) is 69.1 Å². The minimum atomic E-state index is -8.02. The van der Waals surface area contributed by atoms with Crippen LogP contribution in [0, 0.1) is 10.8 Å². The van der Waals surface area contributed by atoms with Gasteiger partial charge in [-0.15, -0.1) is 0 Å². The summed E-state index contributed by atoms with van der Waals surface area (Å²) in [5, 5.41) is 9.19. The van der Waals surface area contributed by atoms with Crippen molar-refractivity contribution in [2.75, 3.05) is 0 Å². The molecule has 0 spiro atoms. The Kier molecular flexibility index (Phi) is 10.8. The van der Waals surface area contributed by atoms with E-state index in [0.717, 1.165) is 11.5 Å². The largest absolute Gasteiger partial charge is 0.508 e. The minimum absolute atomic E-state index is 0.337. The van der Waals surface area contributed by atoms with Crippen LogP contribution in [0.4, 0.5) is 39.5 Å². The van der Waals surface area contributed by atoms with Gasteiger partial charge in [-0.3, -0.25) is 25.3 Å². The van der Waals surface area contributed by atoms with E-state index in [1.807, 2.05) is 12.1 Å². The van der Waals surface area contributed by atoms with E-state index in [1.54, 1.807) is 12.1 Å². The first kappa shape index (κ1) is 34.8. The Morgan fingerprint density at radius 1 is 0.667 bits per heavy atom. The number of halogens is 9. The summed E-state index contributed by atoms with van der Waals surface area (Å²) >= 11 is 1.40. The summed E-state index contributed by atoms with van der Waals surface area (Å²) in [4.78, 5) is 0. The third-order valence-corrected chi connectivity index (χ3v) is 12.6. The number of aromatic hydroxyl groups is 1. The highest BCUT2D eigenvalue weighted by Crippen LogP contribution is 2.47. The smallest absolute Gasteiger partial charge is 0.470 e. The number of benzene rings is 2. The van der Waals surface area contributed by atoms with Gasteiger partial charge < -0.3 is 5.11 Å². The van der Waals surface area contributed by atoms with Crippen LogP contribution in [0.3, 0.4) is 0 Å². The van der Waals surface area contributed by atoms with Crippen LogP contribution in [0.25, 0.3) is 0 Å². The standard InChI is InChI=1S/C15H16OS.C4F9O6S3/c1-12-4-2-3-5-14(12)11-17-10-13-6-8-15(16)9-7-13;5-2(6,7)20(14,15)1(21(16,17)3(8,9)10)22(18,19)4(11,12)13/h2-9,16H,10-11H2,1H3;/q;-1/p+1. The number of hydrogen-bond donors (Lipinski definition) is 1. The van der Waals surface area contributed by atoms with Gasteiger partial charge in [0, 0.05) is 11.1 Å². The Hall–Kier alpha value is -2.19. The van der Waals surface area contributed by atoms with Crippen molar-refractivity contribution in [3.63, 3.8) is 0 Å². The third kappa shape index (κ3) is 8.40. The molecule has 0 saturated heterocycles. The van der Waals surface area contributed by atoms with Crippen molar-refractivity contribution in [1.82, 2.24) is 0 Å². The van der Waals surface area contributed by atoms with Gasteiger partial charge in [-0.05, 0) is 36.4 Å². The molecule has 7 nitrogen and oxygen atoms in total. The molecule has 0 unspecified atom stereocenters. The molecular weight excluding hydrogens is 639 g/mol. The van der Waals surface area contributed by atoms with E-state index >= 15 is 0 Å². The molecule has 20 heteroatoms. The fourth-order valence-corrected chi connectivity index (χ4v) is 9.32. The lowest BCUT2D eigenvalue weighted by molar-refractivity contribution is -0.0471. The van der Waals surface area contributed by atoms with Crippen molar-refractivity contribution < 1.29 is 69.9 Å². The average molecular weight is 657 g/mol. The van der Waals surface area contributed by atoms with Crippen molar-refractivity contribution in [2.24, 2.45) is 0 Å². The Morgan fingerprint density at radius 2 is 1.05 bits per heavy atom. The normalized spacial score (nSPS) is 13.6. The van der Waals surface area contributed by atoms with Crippen LogP contribution in [0.1, 0.15) is 16.7 Å². The van der Waals surface area contributed by atoms with E-state index in [-0.39, 0.29) is 0 Å².